The first-order chi connectivity index (χ1) is 23.7. The van der Waals surface area contributed by atoms with Crippen LogP contribution in [-0.2, 0) is 11.3 Å². The van der Waals surface area contributed by atoms with E-state index in [0.717, 1.165) is 58.9 Å². The number of hydrogen-bond acceptors (Lipinski definition) is 7. The number of carbonyl (C=O) groups excluding carboxylic acids is 2. The van der Waals surface area contributed by atoms with Gasteiger partial charge in [0.1, 0.15) is 29.4 Å². The molecule has 5 rings (SSSR count). The smallest absolute Gasteiger partial charge is 0.414 e. The van der Waals surface area contributed by atoms with Crippen molar-refractivity contribution < 1.29 is 23.6 Å². The van der Waals surface area contributed by atoms with Crippen LogP contribution in [0.3, 0.4) is 0 Å². The molecule has 2 N–H and O–H groups in total. The van der Waals surface area contributed by atoms with Gasteiger partial charge in [-0.2, -0.15) is 0 Å². The van der Waals surface area contributed by atoms with Crippen molar-refractivity contribution in [2.45, 2.75) is 73.0 Å². The number of alkyl carbamates (subject to hydrolysis) is 1. The first kappa shape index (κ1) is 35.1. The summed E-state index contributed by atoms with van der Waals surface area (Å²) in [5, 5.41) is 11.7. The number of allylic oxidation sites excluding steroid dienone is 4. The van der Waals surface area contributed by atoms with Crippen LogP contribution in [0.5, 0.6) is 5.75 Å². The van der Waals surface area contributed by atoms with E-state index in [0.29, 0.717) is 35.5 Å². The zero-order valence-electron chi connectivity index (χ0n) is 29.0. The molecular formula is C40H46N4O5. The van der Waals surface area contributed by atoms with Crippen molar-refractivity contribution in [3.05, 3.63) is 113 Å². The number of carbonyl (C=O) groups is 2. The Labute approximate surface area is 288 Å². The maximum absolute atomic E-state index is 13.7. The molecule has 1 unspecified atom stereocenters. The molecule has 9 nitrogen and oxygen atoms in total. The molecule has 3 aromatic carbocycles. The number of hydrogen-bond donors (Lipinski definition) is 2. The predicted molar refractivity (Wildman–Crippen MR) is 193 cm³/mol. The molecule has 0 radical (unpaired) electrons. The Bertz CT molecular complexity index is 1830. The van der Waals surface area contributed by atoms with Gasteiger partial charge in [0.15, 0.2) is 0 Å². The summed E-state index contributed by atoms with van der Waals surface area (Å²) < 4.78 is 16.9. The third-order valence-electron chi connectivity index (χ3n) is 8.97. The Morgan fingerprint density at radius 3 is 2.51 bits per heavy atom. The molecule has 2 atom stereocenters. The van der Waals surface area contributed by atoms with Gasteiger partial charge in [-0.25, -0.2) is 9.79 Å². The Balaban J connectivity index is 1.29. The molecule has 1 aromatic heterocycles. The standard InChI is InChI=1S/C40H46N4O5/c1-6-30(26(2)3)23-24-47-33-21-19-29(20-22-33)25-48-40(46)43-39(41-27(4)34-18-12-16-31-13-10-11-17-35(31)34)42-38(45)36-28(5)49-44-37(36)32-14-8-7-9-15-32/h7-8,10-14,16-22,26-27,30H,6,9,15,23-25H2,1-5H3,(H2,41,42,43,45,46)/t27-,30?/m1/s1. The molecule has 1 aliphatic rings. The highest BCUT2D eigenvalue weighted by Gasteiger charge is 2.25. The first-order valence-corrected chi connectivity index (χ1v) is 17.1. The van der Waals surface area contributed by atoms with E-state index in [-0.39, 0.29) is 12.6 Å². The maximum Gasteiger partial charge on any atom is 0.414 e. The van der Waals surface area contributed by atoms with Gasteiger partial charge in [-0.05, 0) is 84.6 Å². The number of ether oxygens (including phenoxy) is 2. The summed E-state index contributed by atoms with van der Waals surface area (Å²) in [6, 6.07) is 21.1. The van der Waals surface area contributed by atoms with Crippen LogP contribution in [0.15, 0.2) is 94.5 Å². The average Bonchev–Trinajstić information content (AvgIpc) is 3.51. The number of rotatable bonds is 12. The van der Waals surface area contributed by atoms with Crippen molar-refractivity contribution >= 4 is 34.3 Å². The van der Waals surface area contributed by atoms with Crippen LogP contribution < -0.4 is 15.4 Å². The third kappa shape index (κ3) is 9.25. The summed E-state index contributed by atoms with van der Waals surface area (Å²) >= 11 is 0. The van der Waals surface area contributed by atoms with Crippen LogP contribution in [0.4, 0.5) is 4.79 Å². The van der Waals surface area contributed by atoms with Gasteiger partial charge in [0.2, 0.25) is 5.96 Å². The number of guanidine groups is 1. The predicted octanol–water partition coefficient (Wildman–Crippen LogP) is 9.09. The molecule has 256 valence electrons. The van der Waals surface area contributed by atoms with E-state index in [4.69, 9.17) is 19.0 Å². The molecule has 4 aromatic rings. The molecule has 49 heavy (non-hydrogen) atoms. The first-order valence-electron chi connectivity index (χ1n) is 17.1. The van der Waals surface area contributed by atoms with Crippen molar-refractivity contribution in [3.63, 3.8) is 0 Å². The van der Waals surface area contributed by atoms with Crippen molar-refractivity contribution in [1.82, 2.24) is 15.8 Å². The topological polar surface area (TPSA) is 115 Å². The van der Waals surface area contributed by atoms with Gasteiger partial charge >= 0.3 is 6.09 Å². The Morgan fingerprint density at radius 2 is 1.78 bits per heavy atom. The lowest BCUT2D eigenvalue weighted by Crippen LogP contribution is -2.44. The molecule has 1 heterocycles. The number of aryl methyl sites for hydroxylation is 1. The molecule has 1 aliphatic carbocycles. The molecule has 0 saturated heterocycles. The molecule has 2 amide bonds. The van der Waals surface area contributed by atoms with Crippen molar-refractivity contribution in [2.24, 2.45) is 16.8 Å². The normalized spacial score (nSPS) is 14.3. The summed E-state index contributed by atoms with van der Waals surface area (Å²) in [6.07, 6.45) is 8.89. The van der Waals surface area contributed by atoms with Gasteiger partial charge in [-0.1, -0.05) is 105 Å². The summed E-state index contributed by atoms with van der Waals surface area (Å²) in [6.45, 7) is 11.0. The lowest BCUT2D eigenvalue weighted by molar-refractivity contribution is 0.0973. The molecule has 0 saturated carbocycles. The fraction of sp³-hybridized carbons (Fsp3) is 0.350. The third-order valence-corrected chi connectivity index (χ3v) is 8.97. The fourth-order valence-electron chi connectivity index (χ4n) is 6.10. The van der Waals surface area contributed by atoms with Crippen LogP contribution >= 0.6 is 0 Å². The Hall–Kier alpha value is -5.18. The van der Waals surface area contributed by atoms with Crippen molar-refractivity contribution in [3.8, 4) is 5.75 Å². The molecule has 0 bridgehead atoms. The van der Waals surface area contributed by atoms with Gasteiger partial charge < -0.3 is 14.0 Å². The van der Waals surface area contributed by atoms with Gasteiger partial charge in [-0.3, -0.25) is 15.4 Å². The zero-order valence-corrected chi connectivity index (χ0v) is 29.0. The Morgan fingerprint density at radius 1 is 1.00 bits per heavy atom. The Kier molecular flexibility index (Phi) is 12.0. The summed E-state index contributed by atoms with van der Waals surface area (Å²) in [5.41, 5.74) is 3.40. The summed E-state index contributed by atoms with van der Waals surface area (Å²) in [4.78, 5) is 31.6. The van der Waals surface area contributed by atoms with Gasteiger partial charge in [0, 0.05) is 0 Å². The molecule has 0 spiro atoms. The van der Waals surface area contributed by atoms with E-state index < -0.39 is 18.0 Å². The van der Waals surface area contributed by atoms with Crippen LogP contribution in [0.1, 0.15) is 92.4 Å². The minimum absolute atomic E-state index is 0.0219. The lowest BCUT2D eigenvalue weighted by atomic mass is 9.91. The minimum Gasteiger partial charge on any atom is -0.494 e. The van der Waals surface area contributed by atoms with Gasteiger partial charge in [0.05, 0.1) is 12.6 Å². The SMILES string of the molecule is CCC(CCOc1ccc(COC(=O)NC(=N[C@H](C)c2cccc3ccccc23)NC(=O)c2c(C3=CC=CCC3)noc2C)cc1)C(C)C. The molecule has 0 aliphatic heterocycles. The monoisotopic (exact) mass is 662 g/mol. The second-order valence-corrected chi connectivity index (χ2v) is 12.7. The largest absolute Gasteiger partial charge is 0.494 e. The quantitative estimate of drug-likeness (QED) is 0.116. The van der Waals surface area contributed by atoms with Crippen LogP contribution in [-0.4, -0.2) is 29.7 Å². The highest BCUT2D eigenvalue weighted by atomic mass is 16.5. The average molecular weight is 663 g/mol. The number of fused-ring (bicyclic) bond motifs is 1. The number of aliphatic imine (C=N–C) groups is 1. The number of nitrogens with one attached hydrogen (secondary N) is 2. The second-order valence-electron chi connectivity index (χ2n) is 12.7. The van der Waals surface area contributed by atoms with Crippen molar-refractivity contribution in [2.75, 3.05) is 6.61 Å². The van der Waals surface area contributed by atoms with E-state index >= 15 is 0 Å². The number of aromatic nitrogens is 1. The van der Waals surface area contributed by atoms with Crippen LogP contribution in [0.25, 0.3) is 16.3 Å². The van der Waals surface area contributed by atoms with E-state index in [1.165, 1.54) is 0 Å². The molecule has 0 fully saturated rings. The van der Waals surface area contributed by atoms with Crippen LogP contribution in [0, 0.1) is 18.8 Å². The fourth-order valence-corrected chi connectivity index (χ4v) is 6.10. The van der Waals surface area contributed by atoms with Crippen molar-refractivity contribution in [1.29, 1.82) is 0 Å². The number of nitrogens with zero attached hydrogens (tertiary/aromatic N) is 2. The van der Waals surface area contributed by atoms with E-state index in [1.807, 2.05) is 85.8 Å². The minimum atomic E-state index is -0.758. The highest BCUT2D eigenvalue weighted by molar-refractivity contribution is 6.11. The summed E-state index contributed by atoms with van der Waals surface area (Å²) in [5.74, 6) is 1.85. The second kappa shape index (κ2) is 16.8. The van der Waals surface area contributed by atoms with Crippen LogP contribution in [0.2, 0.25) is 0 Å². The lowest BCUT2D eigenvalue weighted by Gasteiger charge is -2.19. The number of benzene rings is 3. The van der Waals surface area contributed by atoms with Gasteiger partial charge in [-0.15, -0.1) is 0 Å². The molecule has 9 heteroatoms. The summed E-state index contributed by atoms with van der Waals surface area (Å²) in [7, 11) is 0. The zero-order chi connectivity index (χ0) is 34.8. The van der Waals surface area contributed by atoms with E-state index in [1.54, 1.807) is 6.92 Å². The van der Waals surface area contributed by atoms with E-state index in [9.17, 15) is 9.59 Å². The van der Waals surface area contributed by atoms with E-state index in [2.05, 4.69) is 42.6 Å². The highest BCUT2D eigenvalue weighted by Crippen LogP contribution is 2.29. The van der Waals surface area contributed by atoms with Gasteiger partial charge in [0.25, 0.3) is 5.91 Å². The molecular weight excluding hydrogens is 616 g/mol. The maximum atomic E-state index is 13.7. The number of amides is 2.